The Labute approximate surface area is 149 Å². The Morgan fingerprint density at radius 3 is 2.68 bits per heavy atom. The van der Waals surface area contributed by atoms with Gasteiger partial charge in [0.05, 0.1) is 5.69 Å². The quantitative estimate of drug-likeness (QED) is 0.824. The van der Waals surface area contributed by atoms with Crippen LogP contribution in [0.25, 0.3) is 0 Å². The molecule has 1 amide bonds. The number of carbonyl (C=O) groups is 1. The molecule has 0 saturated carbocycles. The van der Waals surface area contributed by atoms with Gasteiger partial charge in [-0.1, -0.05) is 24.3 Å². The third-order valence-corrected chi connectivity index (χ3v) is 4.84. The molecule has 2 heterocycles. The van der Waals surface area contributed by atoms with Crippen molar-refractivity contribution in [2.45, 2.75) is 33.2 Å². The first-order valence-corrected chi connectivity index (χ1v) is 8.79. The SMILES string of the molecule is Cc1nn(C)c(C)c1CCC(=O)NCc1cccc(N2CC=CC2)c1. The van der Waals surface area contributed by atoms with Gasteiger partial charge >= 0.3 is 0 Å². The summed E-state index contributed by atoms with van der Waals surface area (Å²) in [4.78, 5) is 14.5. The molecule has 1 N–H and O–H groups in total. The average molecular weight is 338 g/mol. The Bertz CT molecular complexity index is 783. The van der Waals surface area contributed by atoms with Crippen LogP contribution in [0.2, 0.25) is 0 Å². The fourth-order valence-electron chi connectivity index (χ4n) is 3.26. The molecule has 0 fully saturated rings. The van der Waals surface area contributed by atoms with Crippen LogP contribution in [-0.2, 0) is 24.8 Å². The van der Waals surface area contributed by atoms with E-state index in [4.69, 9.17) is 0 Å². The van der Waals surface area contributed by atoms with E-state index in [0.717, 1.165) is 36.5 Å². The Balaban J connectivity index is 1.51. The minimum Gasteiger partial charge on any atom is -0.364 e. The van der Waals surface area contributed by atoms with Gasteiger partial charge in [-0.3, -0.25) is 9.48 Å². The first-order valence-electron chi connectivity index (χ1n) is 8.79. The maximum atomic E-state index is 12.2. The van der Waals surface area contributed by atoms with Gasteiger partial charge in [0.15, 0.2) is 0 Å². The minimum absolute atomic E-state index is 0.0795. The molecule has 0 atom stereocenters. The lowest BCUT2D eigenvalue weighted by Crippen LogP contribution is -2.23. The molecule has 1 aliphatic heterocycles. The van der Waals surface area contributed by atoms with Crippen molar-refractivity contribution >= 4 is 11.6 Å². The number of hydrogen-bond donors (Lipinski definition) is 1. The number of hydrogen-bond acceptors (Lipinski definition) is 3. The molecule has 1 aliphatic rings. The predicted octanol–water partition coefficient (Wildman–Crippen LogP) is 2.66. The first kappa shape index (κ1) is 17.3. The molecule has 3 rings (SSSR count). The van der Waals surface area contributed by atoms with Crippen LogP contribution in [0, 0.1) is 13.8 Å². The molecular formula is C20H26N4O. The van der Waals surface area contributed by atoms with E-state index in [-0.39, 0.29) is 5.91 Å². The lowest BCUT2D eigenvalue weighted by molar-refractivity contribution is -0.121. The molecule has 5 nitrogen and oxygen atoms in total. The van der Waals surface area contributed by atoms with E-state index in [2.05, 4.69) is 51.7 Å². The van der Waals surface area contributed by atoms with Gasteiger partial charge in [0.2, 0.25) is 5.91 Å². The van der Waals surface area contributed by atoms with Crippen molar-refractivity contribution in [3.63, 3.8) is 0 Å². The second-order valence-corrected chi connectivity index (χ2v) is 6.60. The summed E-state index contributed by atoms with van der Waals surface area (Å²) in [5.41, 5.74) is 5.67. The molecule has 0 spiro atoms. The number of aromatic nitrogens is 2. The van der Waals surface area contributed by atoms with Crippen molar-refractivity contribution in [3.05, 3.63) is 58.9 Å². The van der Waals surface area contributed by atoms with Crippen LogP contribution < -0.4 is 10.2 Å². The van der Waals surface area contributed by atoms with E-state index in [1.54, 1.807) is 0 Å². The first-order chi connectivity index (χ1) is 12.0. The van der Waals surface area contributed by atoms with Gasteiger partial charge in [0, 0.05) is 44.5 Å². The van der Waals surface area contributed by atoms with Gasteiger partial charge in [0.1, 0.15) is 0 Å². The maximum Gasteiger partial charge on any atom is 0.220 e. The molecule has 0 radical (unpaired) electrons. The summed E-state index contributed by atoms with van der Waals surface area (Å²) in [6.07, 6.45) is 5.58. The normalized spacial score (nSPS) is 13.5. The molecule has 2 aromatic rings. The zero-order chi connectivity index (χ0) is 17.8. The highest BCUT2D eigenvalue weighted by Gasteiger charge is 2.12. The van der Waals surface area contributed by atoms with Crippen molar-refractivity contribution < 1.29 is 4.79 Å². The van der Waals surface area contributed by atoms with Crippen molar-refractivity contribution in [1.29, 1.82) is 0 Å². The lowest BCUT2D eigenvalue weighted by Gasteiger charge is -2.18. The van der Waals surface area contributed by atoms with Gasteiger partial charge in [-0.2, -0.15) is 5.10 Å². The van der Waals surface area contributed by atoms with Gasteiger partial charge in [-0.25, -0.2) is 0 Å². The van der Waals surface area contributed by atoms with E-state index < -0.39 is 0 Å². The van der Waals surface area contributed by atoms with Crippen LogP contribution >= 0.6 is 0 Å². The molecule has 1 aromatic heterocycles. The molecule has 1 aromatic carbocycles. The van der Waals surface area contributed by atoms with E-state index in [9.17, 15) is 4.79 Å². The van der Waals surface area contributed by atoms with Crippen molar-refractivity contribution in [3.8, 4) is 0 Å². The number of nitrogens with one attached hydrogen (secondary N) is 1. The van der Waals surface area contributed by atoms with Gasteiger partial charge in [-0.15, -0.1) is 0 Å². The second kappa shape index (κ2) is 7.55. The summed E-state index contributed by atoms with van der Waals surface area (Å²) in [5.74, 6) is 0.0795. The Kier molecular flexibility index (Phi) is 5.22. The van der Waals surface area contributed by atoms with E-state index in [1.165, 1.54) is 11.3 Å². The predicted molar refractivity (Wildman–Crippen MR) is 101 cm³/mol. The molecule has 5 heteroatoms. The monoisotopic (exact) mass is 338 g/mol. The number of rotatable bonds is 6. The summed E-state index contributed by atoms with van der Waals surface area (Å²) in [6, 6.07) is 8.38. The Hall–Kier alpha value is -2.56. The summed E-state index contributed by atoms with van der Waals surface area (Å²) >= 11 is 0. The van der Waals surface area contributed by atoms with Crippen molar-refractivity contribution in [2.75, 3.05) is 18.0 Å². The zero-order valence-corrected chi connectivity index (χ0v) is 15.2. The summed E-state index contributed by atoms with van der Waals surface area (Å²) < 4.78 is 1.88. The molecule has 132 valence electrons. The molecular weight excluding hydrogens is 312 g/mol. The lowest BCUT2D eigenvalue weighted by atomic mass is 10.1. The smallest absolute Gasteiger partial charge is 0.220 e. The van der Waals surface area contributed by atoms with Gasteiger partial charge < -0.3 is 10.2 Å². The second-order valence-electron chi connectivity index (χ2n) is 6.60. The highest BCUT2D eigenvalue weighted by Crippen LogP contribution is 2.18. The van der Waals surface area contributed by atoms with Crippen LogP contribution in [0.5, 0.6) is 0 Å². The summed E-state index contributed by atoms with van der Waals surface area (Å²) in [5, 5.41) is 7.44. The number of anilines is 1. The van der Waals surface area contributed by atoms with Crippen molar-refractivity contribution in [2.24, 2.45) is 7.05 Å². The largest absolute Gasteiger partial charge is 0.364 e. The molecule has 0 bridgehead atoms. The van der Waals surface area contributed by atoms with Crippen LogP contribution in [0.15, 0.2) is 36.4 Å². The molecule has 25 heavy (non-hydrogen) atoms. The minimum atomic E-state index is 0.0795. The third-order valence-electron chi connectivity index (χ3n) is 4.84. The van der Waals surface area contributed by atoms with Crippen LogP contribution in [-0.4, -0.2) is 28.8 Å². The number of aryl methyl sites for hydroxylation is 2. The number of amides is 1. The van der Waals surface area contributed by atoms with Crippen LogP contribution in [0.3, 0.4) is 0 Å². The summed E-state index contributed by atoms with van der Waals surface area (Å²) in [6.45, 7) is 6.53. The standard InChI is InChI=1S/C20H26N4O/c1-15-19(16(2)23(3)22-15)9-10-20(25)21-14-17-7-6-8-18(13-17)24-11-4-5-12-24/h4-8,13H,9-12,14H2,1-3H3,(H,21,25). The highest BCUT2D eigenvalue weighted by atomic mass is 16.1. The number of carbonyl (C=O) groups excluding carboxylic acids is 1. The van der Waals surface area contributed by atoms with Crippen LogP contribution in [0.1, 0.15) is 28.9 Å². The van der Waals surface area contributed by atoms with Crippen molar-refractivity contribution in [1.82, 2.24) is 15.1 Å². The third kappa shape index (κ3) is 4.10. The van der Waals surface area contributed by atoms with Gasteiger partial charge in [0.25, 0.3) is 0 Å². The van der Waals surface area contributed by atoms with E-state index in [0.29, 0.717) is 13.0 Å². The van der Waals surface area contributed by atoms with E-state index in [1.807, 2.05) is 25.6 Å². The number of benzene rings is 1. The van der Waals surface area contributed by atoms with E-state index >= 15 is 0 Å². The molecule has 0 saturated heterocycles. The molecule has 0 aliphatic carbocycles. The van der Waals surface area contributed by atoms with Gasteiger partial charge in [-0.05, 0) is 43.5 Å². The number of nitrogens with zero attached hydrogens (tertiary/aromatic N) is 3. The fourth-order valence-corrected chi connectivity index (χ4v) is 3.26. The van der Waals surface area contributed by atoms with Crippen LogP contribution in [0.4, 0.5) is 5.69 Å². The summed E-state index contributed by atoms with van der Waals surface area (Å²) in [7, 11) is 1.94. The average Bonchev–Trinajstić information content (AvgIpc) is 3.22. The topological polar surface area (TPSA) is 50.2 Å². The Morgan fingerprint density at radius 1 is 1.24 bits per heavy atom. The maximum absolute atomic E-state index is 12.2. The Morgan fingerprint density at radius 2 is 2.00 bits per heavy atom. The fraction of sp³-hybridized carbons (Fsp3) is 0.400. The zero-order valence-electron chi connectivity index (χ0n) is 15.2. The molecule has 0 unspecified atom stereocenters. The highest BCUT2D eigenvalue weighted by molar-refractivity contribution is 5.76.